The number of rotatable bonds is 0. The summed E-state index contributed by atoms with van der Waals surface area (Å²) in [4.78, 5) is 0. The van der Waals surface area contributed by atoms with Gasteiger partial charge >= 0.3 is 0 Å². The second-order valence-corrected chi connectivity index (χ2v) is 3.84. The molecule has 1 aromatic carbocycles. The van der Waals surface area contributed by atoms with Gasteiger partial charge in [-0.3, -0.25) is 0 Å². The van der Waals surface area contributed by atoms with Gasteiger partial charge in [0.25, 0.3) is 0 Å². The fourth-order valence-electron chi connectivity index (χ4n) is 0.956. The third-order valence-electron chi connectivity index (χ3n) is 1.55. The third-order valence-corrected chi connectivity index (χ3v) is 1.55. The summed E-state index contributed by atoms with van der Waals surface area (Å²) in [6, 6.07) is 8.10. The Kier molecular flexibility index (Phi) is 5.74. The van der Waals surface area contributed by atoms with Gasteiger partial charge < -0.3 is 5.73 Å². The molecule has 0 amide bonds. The Morgan fingerprint density at radius 2 is 1.80 bits per heavy atom. The topological polar surface area (TPSA) is 26.0 Å². The number of benzene rings is 1. The van der Waals surface area contributed by atoms with Gasteiger partial charge in [-0.1, -0.05) is 37.8 Å². The molecular formula is C14H21N. The molecule has 15 heavy (non-hydrogen) atoms. The number of nitrogens with two attached hydrogens (primary N) is 1. The van der Waals surface area contributed by atoms with E-state index in [9.17, 15) is 0 Å². The van der Waals surface area contributed by atoms with Gasteiger partial charge in [0.05, 0.1) is 5.54 Å². The molecule has 0 spiro atoms. The Hall–Kier alpha value is -1.26. The highest BCUT2D eigenvalue weighted by molar-refractivity contribution is 5.38. The van der Waals surface area contributed by atoms with Crippen LogP contribution in [-0.2, 0) is 0 Å². The fraction of sp³-hybridized carbons (Fsp3) is 0.429. The van der Waals surface area contributed by atoms with E-state index >= 15 is 0 Å². The SMILES string of the molecule is CC.Cc1cccc(C#CC(C)(C)N)c1. The van der Waals surface area contributed by atoms with E-state index in [0.717, 1.165) is 5.56 Å². The van der Waals surface area contributed by atoms with Crippen molar-refractivity contribution in [3.63, 3.8) is 0 Å². The van der Waals surface area contributed by atoms with Gasteiger partial charge in [-0.15, -0.1) is 0 Å². The van der Waals surface area contributed by atoms with Crippen LogP contribution in [0.15, 0.2) is 24.3 Å². The molecule has 0 saturated carbocycles. The highest BCUT2D eigenvalue weighted by atomic mass is 14.7. The molecule has 0 radical (unpaired) electrons. The van der Waals surface area contributed by atoms with Gasteiger partial charge in [0, 0.05) is 5.56 Å². The highest BCUT2D eigenvalue weighted by Gasteiger charge is 2.03. The molecule has 1 rings (SSSR count). The molecule has 0 atom stereocenters. The van der Waals surface area contributed by atoms with Crippen LogP contribution >= 0.6 is 0 Å². The number of aryl methyl sites for hydroxylation is 1. The van der Waals surface area contributed by atoms with Crippen molar-refractivity contribution in [2.75, 3.05) is 0 Å². The minimum atomic E-state index is -0.413. The normalized spacial score (nSPS) is 9.47. The second-order valence-electron chi connectivity index (χ2n) is 3.84. The first kappa shape index (κ1) is 13.7. The Bertz CT molecular complexity index is 348. The van der Waals surface area contributed by atoms with E-state index in [-0.39, 0.29) is 0 Å². The largest absolute Gasteiger partial charge is 0.316 e. The van der Waals surface area contributed by atoms with Crippen LogP contribution in [0.5, 0.6) is 0 Å². The molecule has 0 bridgehead atoms. The van der Waals surface area contributed by atoms with Crippen LogP contribution in [0, 0.1) is 18.8 Å². The van der Waals surface area contributed by atoms with Gasteiger partial charge in [0.1, 0.15) is 0 Å². The zero-order valence-electron chi connectivity index (χ0n) is 10.4. The standard InChI is InChI=1S/C12H15N.C2H6/c1-10-5-4-6-11(9-10)7-8-12(2,3)13;1-2/h4-6,9H,13H2,1-3H3;1-2H3. The molecule has 0 unspecified atom stereocenters. The first-order valence-electron chi connectivity index (χ1n) is 5.36. The lowest BCUT2D eigenvalue weighted by atomic mass is 10.1. The Morgan fingerprint density at radius 3 is 2.27 bits per heavy atom. The quantitative estimate of drug-likeness (QED) is 0.644. The van der Waals surface area contributed by atoms with Crippen LogP contribution in [0.1, 0.15) is 38.8 Å². The first-order valence-corrected chi connectivity index (χ1v) is 5.36. The average molecular weight is 203 g/mol. The first-order chi connectivity index (χ1) is 6.97. The average Bonchev–Trinajstić information content (AvgIpc) is 2.17. The van der Waals surface area contributed by atoms with Gasteiger partial charge in [-0.05, 0) is 38.5 Å². The summed E-state index contributed by atoms with van der Waals surface area (Å²) in [7, 11) is 0. The van der Waals surface area contributed by atoms with Gasteiger partial charge in [0.2, 0.25) is 0 Å². The minimum absolute atomic E-state index is 0.413. The van der Waals surface area contributed by atoms with Crippen molar-refractivity contribution in [1.82, 2.24) is 0 Å². The minimum Gasteiger partial charge on any atom is -0.316 e. The van der Waals surface area contributed by atoms with Crippen LogP contribution < -0.4 is 5.73 Å². The van der Waals surface area contributed by atoms with Crippen molar-refractivity contribution in [1.29, 1.82) is 0 Å². The highest BCUT2D eigenvalue weighted by Crippen LogP contribution is 2.02. The van der Waals surface area contributed by atoms with E-state index in [4.69, 9.17) is 5.73 Å². The Balaban J connectivity index is 0.000000921. The summed E-state index contributed by atoms with van der Waals surface area (Å²) in [6.07, 6.45) is 0. The molecule has 0 aliphatic heterocycles. The molecule has 0 aliphatic carbocycles. The van der Waals surface area contributed by atoms with Gasteiger partial charge in [0.15, 0.2) is 0 Å². The molecule has 0 aromatic heterocycles. The molecule has 0 heterocycles. The van der Waals surface area contributed by atoms with Crippen molar-refractivity contribution in [2.24, 2.45) is 5.73 Å². The molecule has 82 valence electrons. The molecule has 2 N–H and O–H groups in total. The van der Waals surface area contributed by atoms with Crippen LogP contribution in [-0.4, -0.2) is 5.54 Å². The monoisotopic (exact) mass is 203 g/mol. The lowest BCUT2D eigenvalue weighted by Crippen LogP contribution is -2.29. The number of hydrogen-bond acceptors (Lipinski definition) is 1. The summed E-state index contributed by atoms with van der Waals surface area (Å²) in [5.41, 5.74) is 7.58. The van der Waals surface area contributed by atoms with Crippen molar-refractivity contribution in [2.45, 2.75) is 40.2 Å². The third kappa shape index (κ3) is 6.76. The van der Waals surface area contributed by atoms with Crippen LogP contribution in [0.25, 0.3) is 0 Å². The van der Waals surface area contributed by atoms with E-state index in [1.54, 1.807) is 0 Å². The van der Waals surface area contributed by atoms with Gasteiger partial charge in [-0.2, -0.15) is 0 Å². The molecule has 1 nitrogen and oxygen atoms in total. The predicted octanol–water partition coefficient (Wildman–Crippen LogP) is 3.11. The molecule has 0 aliphatic rings. The zero-order chi connectivity index (χ0) is 11.9. The summed E-state index contributed by atoms with van der Waals surface area (Å²) < 4.78 is 0. The lowest BCUT2D eigenvalue weighted by Gasteiger charge is -2.07. The molecular weight excluding hydrogens is 182 g/mol. The number of hydrogen-bond donors (Lipinski definition) is 1. The summed E-state index contributed by atoms with van der Waals surface area (Å²) >= 11 is 0. The van der Waals surface area contributed by atoms with E-state index in [2.05, 4.69) is 30.9 Å². The predicted molar refractivity (Wildman–Crippen MR) is 67.7 cm³/mol. The van der Waals surface area contributed by atoms with E-state index in [1.807, 2.05) is 39.8 Å². The second kappa shape index (κ2) is 6.27. The van der Waals surface area contributed by atoms with Gasteiger partial charge in [-0.25, -0.2) is 0 Å². The van der Waals surface area contributed by atoms with Crippen molar-refractivity contribution < 1.29 is 0 Å². The van der Waals surface area contributed by atoms with E-state index in [1.165, 1.54) is 5.56 Å². The lowest BCUT2D eigenvalue weighted by molar-refractivity contribution is 0.680. The maximum Gasteiger partial charge on any atom is 0.0722 e. The van der Waals surface area contributed by atoms with E-state index in [0.29, 0.717) is 0 Å². The fourth-order valence-corrected chi connectivity index (χ4v) is 0.956. The Labute approximate surface area is 93.7 Å². The molecule has 0 saturated heterocycles. The summed E-state index contributed by atoms with van der Waals surface area (Å²) in [6.45, 7) is 9.85. The Morgan fingerprint density at radius 1 is 1.20 bits per heavy atom. The van der Waals surface area contributed by atoms with Crippen LogP contribution in [0.3, 0.4) is 0 Å². The molecule has 0 fully saturated rings. The summed E-state index contributed by atoms with van der Waals surface area (Å²) in [5, 5.41) is 0. The smallest absolute Gasteiger partial charge is 0.0722 e. The molecule has 1 heteroatoms. The molecule has 1 aromatic rings. The van der Waals surface area contributed by atoms with Crippen LogP contribution in [0.2, 0.25) is 0 Å². The maximum atomic E-state index is 5.75. The van der Waals surface area contributed by atoms with Crippen molar-refractivity contribution in [3.05, 3.63) is 35.4 Å². The zero-order valence-corrected chi connectivity index (χ0v) is 10.4. The van der Waals surface area contributed by atoms with Crippen LogP contribution in [0.4, 0.5) is 0 Å². The van der Waals surface area contributed by atoms with Crippen molar-refractivity contribution >= 4 is 0 Å². The summed E-state index contributed by atoms with van der Waals surface area (Å²) in [5.74, 6) is 6.04. The maximum absolute atomic E-state index is 5.75. The van der Waals surface area contributed by atoms with E-state index < -0.39 is 5.54 Å². The van der Waals surface area contributed by atoms with Crippen molar-refractivity contribution in [3.8, 4) is 11.8 Å².